The van der Waals surface area contributed by atoms with Gasteiger partial charge in [0, 0.05) is 11.0 Å². The van der Waals surface area contributed by atoms with Gasteiger partial charge in [0.05, 0.1) is 10.2 Å². The van der Waals surface area contributed by atoms with E-state index in [4.69, 9.17) is 5.53 Å². The van der Waals surface area contributed by atoms with Gasteiger partial charge in [-0.15, -0.1) is 0 Å². The fourth-order valence-corrected chi connectivity index (χ4v) is 1.17. The van der Waals surface area contributed by atoms with Crippen LogP contribution in [0.4, 0.5) is 18.9 Å². The van der Waals surface area contributed by atoms with Gasteiger partial charge in [0.1, 0.15) is 11.6 Å². The van der Waals surface area contributed by atoms with Crippen LogP contribution in [-0.2, 0) is 0 Å². The van der Waals surface area contributed by atoms with Crippen molar-refractivity contribution in [2.75, 3.05) is 0 Å². The summed E-state index contributed by atoms with van der Waals surface area (Å²) >= 11 is 2.82. The van der Waals surface area contributed by atoms with Crippen LogP contribution in [0.15, 0.2) is 21.7 Å². The smallest absolute Gasteiger partial charge is 0.387 e. The third-order valence-corrected chi connectivity index (χ3v) is 1.98. The first kappa shape index (κ1) is 11.7. The molecule has 0 heterocycles. The zero-order valence-corrected chi connectivity index (χ0v) is 8.58. The lowest BCUT2D eigenvalue weighted by Gasteiger charge is -2.07. The van der Waals surface area contributed by atoms with Gasteiger partial charge >= 0.3 is 6.61 Å². The van der Waals surface area contributed by atoms with Crippen molar-refractivity contribution in [2.45, 2.75) is 6.61 Å². The summed E-state index contributed by atoms with van der Waals surface area (Å²) < 4.78 is 40.7. The molecule has 0 aromatic heterocycles. The predicted octanol–water partition coefficient (Wildman–Crippen LogP) is 4.13. The minimum atomic E-state index is -3.11. The maximum Gasteiger partial charge on any atom is 0.387 e. The van der Waals surface area contributed by atoms with Gasteiger partial charge in [-0.3, -0.25) is 0 Å². The zero-order valence-electron chi connectivity index (χ0n) is 6.99. The summed E-state index contributed by atoms with van der Waals surface area (Å²) in [6.07, 6.45) is 0. The Hall–Kier alpha value is -1.40. The van der Waals surface area contributed by atoms with Crippen LogP contribution in [0.25, 0.3) is 10.4 Å². The Morgan fingerprint density at radius 3 is 2.67 bits per heavy atom. The molecule has 0 radical (unpaired) electrons. The first-order valence-electron chi connectivity index (χ1n) is 3.53. The van der Waals surface area contributed by atoms with Crippen molar-refractivity contribution in [3.05, 3.63) is 32.9 Å². The Morgan fingerprint density at radius 1 is 1.47 bits per heavy atom. The van der Waals surface area contributed by atoms with Crippen LogP contribution in [0.3, 0.4) is 0 Å². The second kappa shape index (κ2) is 4.90. The van der Waals surface area contributed by atoms with Crippen molar-refractivity contribution >= 4 is 21.6 Å². The lowest BCUT2D eigenvalue weighted by Crippen LogP contribution is -2.02. The number of benzene rings is 1. The highest BCUT2D eigenvalue weighted by Crippen LogP contribution is 2.34. The molecule has 0 amide bonds. The molecule has 0 unspecified atom stereocenters. The van der Waals surface area contributed by atoms with Crippen LogP contribution in [0.2, 0.25) is 0 Å². The molecular weight excluding hydrogens is 279 g/mol. The fourth-order valence-electron chi connectivity index (χ4n) is 0.835. The van der Waals surface area contributed by atoms with Crippen molar-refractivity contribution in [3.63, 3.8) is 0 Å². The summed E-state index contributed by atoms with van der Waals surface area (Å²) in [6, 6.07) is 1.76. The standard InChI is InChI=1S/C7H3BrF3N3O/c8-3-1-5(13-14-12)6(2-4(3)9)15-7(10)11/h1-2,7H. The third-order valence-electron chi connectivity index (χ3n) is 1.37. The van der Waals surface area contributed by atoms with Gasteiger partial charge in [0.15, 0.2) is 0 Å². The first-order valence-corrected chi connectivity index (χ1v) is 4.33. The van der Waals surface area contributed by atoms with Crippen LogP contribution >= 0.6 is 15.9 Å². The number of halogens is 4. The summed E-state index contributed by atoms with van der Waals surface area (Å²) in [4.78, 5) is 2.40. The molecule has 0 spiro atoms. The van der Waals surface area contributed by atoms with E-state index in [0.29, 0.717) is 6.07 Å². The molecule has 1 aromatic rings. The summed E-state index contributed by atoms with van der Waals surface area (Å²) in [5.74, 6) is -1.30. The summed E-state index contributed by atoms with van der Waals surface area (Å²) in [6.45, 7) is -3.11. The fraction of sp³-hybridized carbons (Fsp3) is 0.143. The Labute approximate surface area is 90.4 Å². The molecule has 0 aliphatic carbocycles. The number of alkyl halides is 2. The lowest BCUT2D eigenvalue weighted by molar-refractivity contribution is -0.0496. The van der Waals surface area contributed by atoms with E-state index in [1.165, 1.54) is 0 Å². The Kier molecular flexibility index (Phi) is 3.81. The van der Waals surface area contributed by atoms with Crippen LogP contribution in [0, 0.1) is 5.82 Å². The number of ether oxygens (including phenoxy) is 1. The van der Waals surface area contributed by atoms with Gasteiger partial charge in [-0.05, 0) is 27.5 Å². The molecule has 0 N–H and O–H groups in total. The van der Waals surface area contributed by atoms with Gasteiger partial charge < -0.3 is 4.74 Å². The van der Waals surface area contributed by atoms with Crippen LogP contribution in [0.5, 0.6) is 5.75 Å². The van der Waals surface area contributed by atoms with Crippen molar-refractivity contribution in [2.24, 2.45) is 5.11 Å². The molecule has 4 nitrogen and oxygen atoms in total. The highest BCUT2D eigenvalue weighted by molar-refractivity contribution is 9.10. The van der Waals surface area contributed by atoms with E-state index in [1.807, 2.05) is 0 Å². The van der Waals surface area contributed by atoms with Crippen molar-refractivity contribution in [1.82, 2.24) is 0 Å². The van der Waals surface area contributed by atoms with E-state index in [-0.39, 0.29) is 10.2 Å². The predicted molar refractivity (Wildman–Crippen MR) is 49.5 cm³/mol. The SMILES string of the molecule is [N-]=[N+]=Nc1cc(Br)c(F)cc1OC(F)F. The molecule has 1 rings (SSSR count). The molecular formula is C7H3BrF3N3O. The second-order valence-corrected chi connectivity index (χ2v) is 3.16. The minimum Gasteiger partial charge on any atom is -0.434 e. The third kappa shape index (κ3) is 3.03. The Morgan fingerprint density at radius 2 is 2.13 bits per heavy atom. The Balaban J connectivity index is 3.21. The number of azide groups is 1. The largest absolute Gasteiger partial charge is 0.434 e. The van der Waals surface area contributed by atoms with E-state index in [1.54, 1.807) is 0 Å². The second-order valence-electron chi connectivity index (χ2n) is 2.30. The molecule has 0 saturated carbocycles. The molecule has 0 bridgehead atoms. The van der Waals surface area contributed by atoms with Gasteiger partial charge in [0.2, 0.25) is 0 Å². The van der Waals surface area contributed by atoms with Crippen LogP contribution in [-0.4, -0.2) is 6.61 Å². The first-order chi connectivity index (χ1) is 7.04. The van der Waals surface area contributed by atoms with Crippen molar-refractivity contribution < 1.29 is 17.9 Å². The van der Waals surface area contributed by atoms with Gasteiger partial charge in [-0.1, -0.05) is 5.11 Å². The Bertz CT molecular complexity index is 420. The number of nitrogens with zero attached hydrogens (tertiary/aromatic N) is 3. The zero-order chi connectivity index (χ0) is 11.4. The van der Waals surface area contributed by atoms with Crippen LogP contribution in [0.1, 0.15) is 0 Å². The number of hydrogen-bond acceptors (Lipinski definition) is 2. The van der Waals surface area contributed by atoms with E-state index >= 15 is 0 Å². The molecule has 0 saturated heterocycles. The average molecular weight is 282 g/mol. The quantitative estimate of drug-likeness (QED) is 0.467. The normalized spacial score (nSPS) is 9.93. The summed E-state index contributed by atoms with van der Waals surface area (Å²) in [5.41, 5.74) is 7.93. The van der Waals surface area contributed by atoms with Crippen LogP contribution < -0.4 is 4.74 Å². The number of rotatable bonds is 3. The summed E-state index contributed by atoms with van der Waals surface area (Å²) in [5, 5.41) is 3.09. The van der Waals surface area contributed by atoms with Gasteiger partial charge in [-0.2, -0.15) is 8.78 Å². The lowest BCUT2D eigenvalue weighted by atomic mass is 10.3. The highest BCUT2D eigenvalue weighted by Gasteiger charge is 2.12. The molecule has 0 aliphatic rings. The van der Waals surface area contributed by atoms with Gasteiger partial charge in [-0.25, -0.2) is 4.39 Å². The summed E-state index contributed by atoms with van der Waals surface area (Å²) in [7, 11) is 0. The molecule has 0 aliphatic heterocycles. The van der Waals surface area contributed by atoms with Crippen molar-refractivity contribution in [1.29, 1.82) is 0 Å². The monoisotopic (exact) mass is 281 g/mol. The van der Waals surface area contributed by atoms with Crippen molar-refractivity contribution in [3.8, 4) is 5.75 Å². The molecule has 1 aromatic carbocycles. The van der Waals surface area contributed by atoms with E-state index < -0.39 is 18.2 Å². The molecule has 8 heteroatoms. The number of hydrogen-bond donors (Lipinski definition) is 0. The minimum absolute atomic E-state index is 0.00786. The molecule has 0 fully saturated rings. The van der Waals surface area contributed by atoms with E-state index in [0.717, 1.165) is 6.07 Å². The highest BCUT2D eigenvalue weighted by atomic mass is 79.9. The topological polar surface area (TPSA) is 58.0 Å². The molecule has 15 heavy (non-hydrogen) atoms. The molecule has 80 valence electrons. The van der Waals surface area contributed by atoms with E-state index in [9.17, 15) is 13.2 Å². The molecule has 0 atom stereocenters. The van der Waals surface area contributed by atoms with E-state index in [2.05, 4.69) is 30.7 Å². The maximum absolute atomic E-state index is 12.9. The maximum atomic E-state index is 12.9. The average Bonchev–Trinajstić information content (AvgIpc) is 2.13. The van der Waals surface area contributed by atoms with Gasteiger partial charge in [0.25, 0.3) is 0 Å².